The number of carbonyl (C=O) groups excluding carboxylic acids is 2. The Bertz CT molecular complexity index is 1700. The molecule has 2 amide bonds. The van der Waals surface area contributed by atoms with Crippen LogP contribution in [-0.2, 0) is 0 Å². The van der Waals surface area contributed by atoms with Gasteiger partial charge < -0.3 is 20.8 Å². The SMILES string of the molecule is Cc1cc(-c2cc(NC(=O)c3ccccc3O)c(NC(=O)c3ccccc3O)cc2-c2cc(C)sc2C)c(C)s1.ClC(Cl)Cl. The minimum absolute atomic E-state index is 0.109. The highest BCUT2D eigenvalue weighted by Gasteiger charge is 2.22. The Morgan fingerprint density at radius 2 is 0.955 bits per heavy atom. The number of aromatic hydroxyl groups is 2. The van der Waals surface area contributed by atoms with Gasteiger partial charge in [-0.15, -0.1) is 22.7 Å². The van der Waals surface area contributed by atoms with E-state index in [1.54, 1.807) is 46.9 Å². The van der Waals surface area contributed by atoms with Gasteiger partial charge in [0.15, 0.2) is 4.30 Å². The van der Waals surface area contributed by atoms with Gasteiger partial charge in [-0.2, -0.15) is 0 Å². The van der Waals surface area contributed by atoms with Crippen molar-refractivity contribution in [2.75, 3.05) is 10.6 Å². The van der Waals surface area contributed by atoms with Crippen LogP contribution in [0.5, 0.6) is 11.5 Å². The van der Waals surface area contributed by atoms with Gasteiger partial charge >= 0.3 is 0 Å². The maximum atomic E-state index is 13.3. The number of thiophene rings is 2. The summed E-state index contributed by atoms with van der Waals surface area (Å²) in [6.07, 6.45) is 0. The van der Waals surface area contributed by atoms with E-state index in [1.165, 1.54) is 24.3 Å². The highest BCUT2D eigenvalue weighted by atomic mass is 35.6. The Labute approximate surface area is 278 Å². The number of anilines is 2. The summed E-state index contributed by atoms with van der Waals surface area (Å²) < 4.78 is -0.750. The Balaban J connectivity index is 0.00000104. The molecule has 0 atom stereocenters. The molecule has 2 heterocycles. The number of rotatable bonds is 6. The molecule has 4 N–H and O–H groups in total. The van der Waals surface area contributed by atoms with Gasteiger partial charge in [0.2, 0.25) is 0 Å². The number of aryl methyl sites for hydroxylation is 4. The van der Waals surface area contributed by atoms with Crippen LogP contribution in [0.2, 0.25) is 0 Å². The number of alkyl halides is 3. The molecule has 11 heteroatoms. The first-order valence-corrected chi connectivity index (χ1v) is 16.2. The average molecular weight is 688 g/mol. The van der Waals surface area contributed by atoms with E-state index in [0.29, 0.717) is 11.4 Å². The molecular weight excluding hydrogens is 659 g/mol. The monoisotopic (exact) mass is 686 g/mol. The van der Waals surface area contributed by atoms with E-state index in [1.807, 2.05) is 12.1 Å². The molecule has 0 spiro atoms. The Hall–Kier alpha value is -3.53. The third-order valence-electron chi connectivity index (χ3n) is 6.61. The maximum absolute atomic E-state index is 13.3. The molecule has 0 saturated carbocycles. The van der Waals surface area contributed by atoms with E-state index in [0.717, 1.165) is 41.8 Å². The zero-order valence-corrected chi connectivity index (χ0v) is 28.1. The first-order valence-electron chi connectivity index (χ1n) is 13.3. The lowest BCUT2D eigenvalue weighted by atomic mass is 9.93. The van der Waals surface area contributed by atoms with Gasteiger partial charge in [0, 0.05) is 19.5 Å². The number of phenols is 2. The highest BCUT2D eigenvalue weighted by molar-refractivity contribution is 7.12. The van der Waals surface area contributed by atoms with Crippen molar-refractivity contribution in [2.24, 2.45) is 0 Å². The van der Waals surface area contributed by atoms with Crippen LogP contribution in [0.4, 0.5) is 11.4 Å². The van der Waals surface area contributed by atoms with E-state index < -0.39 is 16.1 Å². The number of hydrogen-bond acceptors (Lipinski definition) is 6. The standard InChI is InChI=1S/C32H28N2O4S2.CHCl3/c1-17-13-23(19(3)39-17)25-15-27(33-31(37)21-9-5-7-11-29(21)35)28(16-26(25)24-14-18(2)40-20(24)4)34-32(38)22-10-6-8-12-30(22)36;2-1(3)4/h5-16,35-36H,1-4H3,(H,33,37)(H,34,38);1H. The fourth-order valence-corrected chi connectivity index (χ4v) is 6.64. The number of amides is 2. The van der Waals surface area contributed by atoms with Gasteiger partial charge in [-0.1, -0.05) is 59.1 Å². The Morgan fingerprint density at radius 3 is 1.25 bits per heavy atom. The number of nitrogens with one attached hydrogen (secondary N) is 2. The number of hydrogen-bond donors (Lipinski definition) is 4. The van der Waals surface area contributed by atoms with Crippen LogP contribution in [0.1, 0.15) is 40.2 Å². The Kier molecular flexibility index (Phi) is 11.0. The molecular formula is C33H29Cl3N2O4S2. The molecule has 228 valence electrons. The number of halogens is 3. The molecule has 2 aromatic heterocycles. The fourth-order valence-electron chi connectivity index (χ4n) is 4.76. The van der Waals surface area contributed by atoms with Crippen molar-refractivity contribution in [3.05, 3.63) is 103 Å². The average Bonchev–Trinajstić information content (AvgIpc) is 3.47. The lowest BCUT2D eigenvalue weighted by molar-refractivity contribution is 0.101. The van der Waals surface area contributed by atoms with Gasteiger partial charge in [-0.3, -0.25) is 9.59 Å². The van der Waals surface area contributed by atoms with E-state index >= 15 is 0 Å². The largest absolute Gasteiger partial charge is 0.507 e. The number of benzene rings is 3. The Morgan fingerprint density at radius 1 is 0.614 bits per heavy atom. The zero-order chi connectivity index (χ0) is 32.1. The molecule has 3 aromatic carbocycles. The van der Waals surface area contributed by atoms with E-state index in [-0.39, 0.29) is 22.6 Å². The smallest absolute Gasteiger partial charge is 0.259 e. The second-order valence-electron chi connectivity index (χ2n) is 9.79. The topological polar surface area (TPSA) is 98.7 Å². The number of phenolic OH excluding ortho intramolecular Hbond substituents is 2. The predicted molar refractivity (Wildman–Crippen MR) is 185 cm³/mol. The van der Waals surface area contributed by atoms with Crippen molar-refractivity contribution >= 4 is 80.7 Å². The molecule has 0 aliphatic heterocycles. The first kappa shape index (κ1) is 33.4. The maximum Gasteiger partial charge on any atom is 0.259 e. The third-order valence-corrected chi connectivity index (χ3v) is 8.55. The summed E-state index contributed by atoms with van der Waals surface area (Å²) in [7, 11) is 0. The minimum Gasteiger partial charge on any atom is -0.507 e. The van der Waals surface area contributed by atoms with Gasteiger partial charge in [-0.05, 0) is 98.5 Å². The summed E-state index contributed by atoms with van der Waals surface area (Å²) in [5.74, 6) is -1.33. The molecule has 0 bridgehead atoms. The van der Waals surface area contributed by atoms with Gasteiger partial charge in [0.1, 0.15) is 11.5 Å². The van der Waals surface area contributed by atoms with Crippen LogP contribution in [0.3, 0.4) is 0 Å². The van der Waals surface area contributed by atoms with Gasteiger partial charge in [0.25, 0.3) is 11.8 Å². The third kappa shape index (κ3) is 7.94. The summed E-state index contributed by atoms with van der Waals surface area (Å²) in [6, 6.07) is 20.6. The predicted octanol–water partition coefficient (Wildman–Crippen LogP) is 10.3. The van der Waals surface area contributed by atoms with E-state index in [9.17, 15) is 19.8 Å². The molecule has 6 nitrogen and oxygen atoms in total. The molecule has 0 unspecified atom stereocenters. The molecule has 0 fully saturated rings. The van der Waals surface area contributed by atoms with Crippen molar-refractivity contribution in [1.29, 1.82) is 0 Å². The highest BCUT2D eigenvalue weighted by Crippen LogP contribution is 2.44. The van der Waals surface area contributed by atoms with E-state index in [4.69, 9.17) is 34.8 Å². The van der Waals surface area contributed by atoms with Crippen molar-refractivity contribution in [1.82, 2.24) is 0 Å². The summed E-state index contributed by atoms with van der Waals surface area (Å²) in [4.78, 5) is 31.2. The second kappa shape index (κ2) is 14.5. The molecule has 0 aliphatic rings. The molecule has 0 radical (unpaired) electrons. The molecule has 5 rings (SSSR count). The minimum atomic E-state index is -0.750. The van der Waals surface area contributed by atoms with Crippen molar-refractivity contribution in [3.8, 4) is 33.8 Å². The van der Waals surface area contributed by atoms with Crippen molar-refractivity contribution in [3.63, 3.8) is 0 Å². The van der Waals surface area contributed by atoms with E-state index in [2.05, 4.69) is 50.5 Å². The summed E-state index contributed by atoms with van der Waals surface area (Å²) in [5, 5.41) is 26.4. The van der Waals surface area contributed by atoms with Crippen LogP contribution < -0.4 is 10.6 Å². The van der Waals surface area contributed by atoms with Gasteiger partial charge in [0.05, 0.1) is 22.5 Å². The number of carbonyl (C=O) groups is 2. The van der Waals surface area contributed by atoms with Crippen LogP contribution in [0.25, 0.3) is 22.3 Å². The van der Waals surface area contributed by atoms with Gasteiger partial charge in [-0.25, -0.2) is 0 Å². The zero-order valence-electron chi connectivity index (χ0n) is 24.2. The summed E-state index contributed by atoms with van der Waals surface area (Å²) in [5.41, 5.74) is 4.85. The molecule has 5 aromatic rings. The lowest BCUT2D eigenvalue weighted by Crippen LogP contribution is -2.17. The second-order valence-corrected chi connectivity index (χ2v) is 14.7. The molecule has 0 saturated heterocycles. The molecule has 44 heavy (non-hydrogen) atoms. The molecule has 0 aliphatic carbocycles. The van der Waals surface area contributed by atoms with Crippen LogP contribution in [0.15, 0.2) is 72.8 Å². The van der Waals surface area contributed by atoms with Crippen molar-refractivity contribution in [2.45, 2.75) is 32.0 Å². The van der Waals surface area contributed by atoms with Crippen molar-refractivity contribution < 1.29 is 19.8 Å². The van der Waals surface area contributed by atoms with Crippen LogP contribution >= 0.6 is 57.5 Å². The summed E-state index contributed by atoms with van der Waals surface area (Å²) in [6.45, 7) is 8.25. The van der Waals surface area contributed by atoms with Crippen LogP contribution in [-0.4, -0.2) is 26.3 Å². The summed E-state index contributed by atoms with van der Waals surface area (Å²) >= 11 is 17.8. The quantitative estimate of drug-likeness (QED) is 0.134. The lowest BCUT2D eigenvalue weighted by Gasteiger charge is -2.19. The van der Waals surface area contributed by atoms with Crippen LogP contribution in [0, 0.1) is 27.7 Å². The normalized spacial score (nSPS) is 10.7. The fraction of sp³-hybridized carbons (Fsp3) is 0.152. The number of para-hydroxylation sites is 2. The first-order chi connectivity index (χ1) is 20.8.